The van der Waals surface area contributed by atoms with Gasteiger partial charge in [0.05, 0.1) is 5.69 Å². The quantitative estimate of drug-likeness (QED) is 0.863. The molecule has 0 aliphatic rings. The molecular formula is C15H22N4. The minimum absolute atomic E-state index is 0.808. The zero-order chi connectivity index (χ0) is 13.7. The average molecular weight is 258 g/mol. The first-order valence-electron chi connectivity index (χ1n) is 6.68. The van der Waals surface area contributed by atoms with Crippen LogP contribution in [-0.2, 0) is 19.6 Å². The van der Waals surface area contributed by atoms with E-state index in [1.54, 1.807) is 0 Å². The summed E-state index contributed by atoms with van der Waals surface area (Å²) in [5, 5.41) is 7.86. The van der Waals surface area contributed by atoms with Gasteiger partial charge in [-0.2, -0.15) is 5.10 Å². The Morgan fingerprint density at radius 2 is 1.84 bits per heavy atom. The smallest absolute Gasteiger partial charge is 0.0762 e. The number of benzene rings is 1. The predicted molar refractivity (Wildman–Crippen MR) is 79.2 cm³/mol. The molecule has 0 radical (unpaired) electrons. The molecule has 4 nitrogen and oxygen atoms in total. The van der Waals surface area contributed by atoms with Gasteiger partial charge in [-0.05, 0) is 30.7 Å². The molecule has 0 amide bonds. The van der Waals surface area contributed by atoms with Crippen LogP contribution in [0.3, 0.4) is 0 Å². The van der Waals surface area contributed by atoms with Crippen LogP contribution >= 0.6 is 0 Å². The number of nitrogens with zero attached hydrogens (tertiary/aromatic N) is 3. The number of anilines is 1. The Bertz CT molecular complexity index is 499. The van der Waals surface area contributed by atoms with E-state index in [1.807, 2.05) is 10.9 Å². The maximum absolute atomic E-state index is 4.44. The van der Waals surface area contributed by atoms with E-state index >= 15 is 0 Å². The van der Waals surface area contributed by atoms with E-state index in [0.29, 0.717) is 0 Å². The lowest BCUT2D eigenvalue weighted by Crippen LogP contribution is -2.14. The van der Waals surface area contributed by atoms with Crippen LogP contribution in [0.2, 0.25) is 0 Å². The molecule has 102 valence electrons. The van der Waals surface area contributed by atoms with Gasteiger partial charge < -0.3 is 10.2 Å². The molecule has 0 aliphatic heterocycles. The zero-order valence-electron chi connectivity index (χ0n) is 11.9. The maximum Gasteiger partial charge on any atom is 0.0762 e. The number of rotatable bonds is 6. The van der Waals surface area contributed by atoms with Crippen LogP contribution in [0.5, 0.6) is 0 Å². The normalized spacial score (nSPS) is 10.7. The zero-order valence-corrected chi connectivity index (χ0v) is 11.9. The lowest BCUT2D eigenvalue weighted by molar-refractivity contribution is 0.620. The lowest BCUT2D eigenvalue weighted by atomic mass is 10.2. The Balaban J connectivity index is 1.82. The van der Waals surface area contributed by atoms with Gasteiger partial charge in [-0.3, -0.25) is 4.68 Å². The van der Waals surface area contributed by atoms with Crippen molar-refractivity contribution in [2.75, 3.05) is 19.0 Å². The summed E-state index contributed by atoms with van der Waals surface area (Å²) in [5.41, 5.74) is 3.61. The number of aromatic nitrogens is 2. The van der Waals surface area contributed by atoms with E-state index in [-0.39, 0.29) is 0 Å². The van der Waals surface area contributed by atoms with Crippen molar-refractivity contribution in [2.24, 2.45) is 0 Å². The summed E-state index contributed by atoms with van der Waals surface area (Å²) in [6.07, 6.45) is 2.02. The second-order valence-corrected chi connectivity index (χ2v) is 4.83. The van der Waals surface area contributed by atoms with Crippen molar-refractivity contribution in [3.05, 3.63) is 47.8 Å². The fourth-order valence-corrected chi connectivity index (χ4v) is 1.92. The first-order chi connectivity index (χ1) is 9.19. The molecule has 0 spiro atoms. The number of nitrogens with one attached hydrogen (secondary N) is 1. The summed E-state index contributed by atoms with van der Waals surface area (Å²) in [7, 11) is 4.11. The second-order valence-electron chi connectivity index (χ2n) is 4.83. The van der Waals surface area contributed by atoms with Gasteiger partial charge in [0.15, 0.2) is 0 Å². The minimum Gasteiger partial charge on any atom is -0.378 e. The molecule has 0 saturated carbocycles. The Kier molecular flexibility index (Phi) is 4.58. The maximum atomic E-state index is 4.44. The summed E-state index contributed by atoms with van der Waals surface area (Å²) >= 11 is 0. The third-order valence-electron chi connectivity index (χ3n) is 3.11. The number of aryl methyl sites for hydroxylation is 1. The fraction of sp³-hybridized carbons (Fsp3) is 0.400. The van der Waals surface area contributed by atoms with Crippen LogP contribution in [0.1, 0.15) is 18.2 Å². The number of hydrogen-bond acceptors (Lipinski definition) is 3. The van der Waals surface area contributed by atoms with Crippen LogP contribution < -0.4 is 10.2 Å². The van der Waals surface area contributed by atoms with Crippen molar-refractivity contribution in [3.8, 4) is 0 Å². The molecule has 4 heteroatoms. The predicted octanol–water partition coefficient (Wildman–Crippen LogP) is 2.26. The molecule has 0 aliphatic carbocycles. The van der Waals surface area contributed by atoms with Gasteiger partial charge in [-0.15, -0.1) is 0 Å². The molecule has 0 unspecified atom stereocenters. The molecule has 1 N–H and O–H groups in total. The van der Waals surface area contributed by atoms with Gasteiger partial charge >= 0.3 is 0 Å². The van der Waals surface area contributed by atoms with Crippen LogP contribution in [-0.4, -0.2) is 23.9 Å². The van der Waals surface area contributed by atoms with Gasteiger partial charge in [0, 0.05) is 45.6 Å². The molecule has 19 heavy (non-hydrogen) atoms. The topological polar surface area (TPSA) is 33.1 Å². The van der Waals surface area contributed by atoms with E-state index in [2.05, 4.69) is 66.7 Å². The molecule has 0 atom stereocenters. The van der Waals surface area contributed by atoms with Gasteiger partial charge in [-0.25, -0.2) is 0 Å². The largest absolute Gasteiger partial charge is 0.378 e. The highest BCUT2D eigenvalue weighted by molar-refractivity contribution is 5.45. The first-order valence-corrected chi connectivity index (χ1v) is 6.68. The van der Waals surface area contributed by atoms with Gasteiger partial charge in [-0.1, -0.05) is 12.1 Å². The molecule has 2 aromatic rings. The Morgan fingerprint density at radius 1 is 1.11 bits per heavy atom. The molecule has 0 bridgehead atoms. The SMILES string of the molecule is CCn1ccc(CNCc2ccc(N(C)C)cc2)n1. The second kappa shape index (κ2) is 6.38. The van der Waals surface area contributed by atoms with Gasteiger partial charge in [0.1, 0.15) is 0 Å². The Labute approximate surface area is 115 Å². The van der Waals surface area contributed by atoms with Crippen molar-refractivity contribution < 1.29 is 0 Å². The summed E-state index contributed by atoms with van der Waals surface area (Å²) in [6.45, 7) is 4.69. The van der Waals surface area contributed by atoms with E-state index in [0.717, 1.165) is 25.3 Å². The van der Waals surface area contributed by atoms with Crippen LogP contribution in [0.15, 0.2) is 36.5 Å². The third kappa shape index (κ3) is 3.83. The lowest BCUT2D eigenvalue weighted by Gasteiger charge is -2.12. The third-order valence-corrected chi connectivity index (χ3v) is 3.11. The molecule has 1 heterocycles. The molecule has 1 aromatic heterocycles. The van der Waals surface area contributed by atoms with Crippen LogP contribution in [0, 0.1) is 0 Å². The summed E-state index contributed by atoms with van der Waals surface area (Å²) in [4.78, 5) is 2.11. The monoisotopic (exact) mass is 258 g/mol. The van der Waals surface area contributed by atoms with E-state index in [9.17, 15) is 0 Å². The van der Waals surface area contributed by atoms with Crippen LogP contribution in [0.25, 0.3) is 0 Å². The molecule has 0 fully saturated rings. The van der Waals surface area contributed by atoms with Gasteiger partial charge in [0.25, 0.3) is 0 Å². The number of hydrogen-bond donors (Lipinski definition) is 1. The molecule has 2 rings (SSSR count). The van der Waals surface area contributed by atoms with E-state index in [4.69, 9.17) is 0 Å². The summed E-state index contributed by atoms with van der Waals surface area (Å²) in [6, 6.07) is 10.7. The highest BCUT2D eigenvalue weighted by Gasteiger charge is 1.99. The van der Waals surface area contributed by atoms with Gasteiger partial charge in [0.2, 0.25) is 0 Å². The van der Waals surface area contributed by atoms with Crippen LogP contribution in [0.4, 0.5) is 5.69 Å². The van der Waals surface area contributed by atoms with E-state index < -0.39 is 0 Å². The molecule has 1 aromatic carbocycles. The molecule has 0 saturated heterocycles. The van der Waals surface area contributed by atoms with Crippen molar-refractivity contribution >= 4 is 5.69 Å². The van der Waals surface area contributed by atoms with Crippen molar-refractivity contribution in [1.29, 1.82) is 0 Å². The average Bonchev–Trinajstić information content (AvgIpc) is 2.87. The Morgan fingerprint density at radius 3 is 2.42 bits per heavy atom. The first kappa shape index (κ1) is 13.6. The fourth-order valence-electron chi connectivity index (χ4n) is 1.92. The molecular weight excluding hydrogens is 236 g/mol. The van der Waals surface area contributed by atoms with Crippen molar-refractivity contribution in [3.63, 3.8) is 0 Å². The summed E-state index contributed by atoms with van der Waals surface area (Å²) < 4.78 is 1.95. The van der Waals surface area contributed by atoms with E-state index in [1.165, 1.54) is 11.3 Å². The summed E-state index contributed by atoms with van der Waals surface area (Å²) in [5.74, 6) is 0. The highest BCUT2D eigenvalue weighted by atomic mass is 15.3. The Hall–Kier alpha value is -1.81. The minimum atomic E-state index is 0.808. The standard InChI is InChI=1S/C15H22N4/c1-4-19-10-9-14(17-19)12-16-11-13-5-7-15(8-6-13)18(2)3/h5-10,16H,4,11-12H2,1-3H3. The highest BCUT2D eigenvalue weighted by Crippen LogP contribution is 2.12. The van der Waals surface area contributed by atoms with Crippen molar-refractivity contribution in [2.45, 2.75) is 26.6 Å². The van der Waals surface area contributed by atoms with Crippen molar-refractivity contribution in [1.82, 2.24) is 15.1 Å².